The van der Waals surface area contributed by atoms with Crippen LogP contribution in [0.15, 0.2) is 53.3 Å². The summed E-state index contributed by atoms with van der Waals surface area (Å²) in [6, 6.07) is 9.46. The molecule has 1 aromatic carbocycles. The number of nitrogens with zero attached hydrogens (tertiary/aromatic N) is 3. The standard InChI is InChI=1S/C15H18FN3OS.C5H5NOS/c1-2-3-10-21-15-18-11-17-14(19-15)8-9-20-13-6-4-12(16)5-7-13;6-5(7)4-2-1-3-8-4/h4-7,11H,2-3,8-10H2,1H3;1-3H,(H2,6,7). The molecule has 0 saturated heterocycles. The Bertz CT molecular complexity index is 861. The van der Waals surface area contributed by atoms with Crippen LogP contribution in [-0.2, 0) is 6.42 Å². The minimum Gasteiger partial charge on any atom is -0.493 e. The van der Waals surface area contributed by atoms with Crippen molar-refractivity contribution in [3.63, 3.8) is 0 Å². The number of halogens is 1. The van der Waals surface area contributed by atoms with E-state index in [1.165, 1.54) is 29.8 Å². The summed E-state index contributed by atoms with van der Waals surface area (Å²) in [4.78, 5) is 23.6. The average Bonchev–Trinajstić information content (AvgIpc) is 3.26. The van der Waals surface area contributed by atoms with Gasteiger partial charge in [-0.15, -0.1) is 11.3 Å². The Labute approximate surface area is 177 Å². The molecule has 0 radical (unpaired) electrons. The van der Waals surface area contributed by atoms with Gasteiger partial charge in [-0.3, -0.25) is 4.79 Å². The van der Waals surface area contributed by atoms with E-state index in [0.717, 1.165) is 23.8 Å². The number of amides is 1. The number of aromatic nitrogens is 3. The van der Waals surface area contributed by atoms with Crippen molar-refractivity contribution in [3.8, 4) is 5.75 Å². The third-order valence-corrected chi connectivity index (χ3v) is 5.33. The quantitative estimate of drug-likeness (QED) is 0.397. The van der Waals surface area contributed by atoms with Crippen LogP contribution < -0.4 is 10.5 Å². The number of nitrogens with two attached hydrogens (primary N) is 1. The number of unbranched alkanes of at least 4 members (excludes halogenated alkanes) is 1. The SMILES string of the molecule is CCCCSc1ncnc(CCOc2ccc(F)cc2)n1.NC(=O)c1cccs1. The number of carbonyl (C=O) groups excluding carboxylic acids is 1. The van der Waals surface area contributed by atoms with Crippen molar-refractivity contribution >= 4 is 29.0 Å². The fourth-order valence-electron chi connectivity index (χ4n) is 2.02. The highest BCUT2D eigenvalue weighted by molar-refractivity contribution is 7.99. The minimum absolute atomic E-state index is 0.270. The highest BCUT2D eigenvalue weighted by Crippen LogP contribution is 2.14. The van der Waals surface area contributed by atoms with E-state index >= 15 is 0 Å². The monoisotopic (exact) mass is 434 g/mol. The third-order valence-electron chi connectivity index (χ3n) is 3.50. The highest BCUT2D eigenvalue weighted by atomic mass is 32.2. The molecule has 0 aliphatic heterocycles. The lowest BCUT2D eigenvalue weighted by Crippen LogP contribution is -2.07. The van der Waals surface area contributed by atoms with Gasteiger partial charge in [0.1, 0.15) is 23.7 Å². The van der Waals surface area contributed by atoms with Crippen LogP contribution in [0.5, 0.6) is 5.75 Å². The lowest BCUT2D eigenvalue weighted by atomic mass is 10.3. The number of carbonyl (C=O) groups is 1. The van der Waals surface area contributed by atoms with E-state index in [-0.39, 0.29) is 11.7 Å². The number of primary amides is 1. The van der Waals surface area contributed by atoms with Gasteiger partial charge in [-0.25, -0.2) is 19.3 Å². The lowest BCUT2D eigenvalue weighted by Gasteiger charge is -2.06. The second-order valence-corrected chi connectivity index (χ2v) is 7.79. The number of hydrogen-bond acceptors (Lipinski definition) is 7. The number of rotatable bonds is 9. The normalized spacial score (nSPS) is 10.1. The molecule has 9 heteroatoms. The van der Waals surface area contributed by atoms with Gasteiger partial charge in [0.05, 0.1) is 11.5 Å². The maximum atomic E-state index is 12.8. The Morgan fingerprint density at radius 3 is 2.66 bits per heavy atom. The molecular weight excluding hydrogens is 411 g/mol. The fraction of sp³-hybridized carbons (Fsp3) is 0.300. The summed E-state index contributed by atoms with van der Waals surface area (Å²) in [5, 5.41) is 2.58. The summed E-state index contributed by atoms with van der Waals surface area (Å²) in [7, 11) is 0. The largest absolute Gasteiger partial charge is 0.493 e. The van der Waals surface area contributed by atoms with Gasteiger partial charge in [-0.05, 0) is 42.1 Å². The van der Waals surface area contributed by atoms with E-state index in [2.05, 4.69) is 21.9 Å². The molecule has 6 nitrogen and oxygen atoms in total. The van der Waals surface area contributed by atoms with Gasteiger partial charge in [-0.1, -0.05) is 31.2 Å². The zero-order valence-corrected chi connectivity index (χ0v) is 17.7. The first kappa shape index (κ1) is 22.8. The van der Waals surface area contributed by atoms with Crippen LogP contribution in [0, 0.1) is 5.82 Å². The summed E-state index contributed by atoms with van der Waals surface area (Å²) in [5.74, 6) is 1.76. The first-order chi connectivity index (χ1) is 14.1. The smallest absolute Gasteiger partial charge is 0.258 e. The van der Waals surface area contributed by atoms with E-state index in [4.69, 9.17) is 10.5 Å². The van der Waals surface area contributed by atoms with Crippen molar-refractivity contribution in [2.24, 2.45) is 5.73 Å². The van der Waals surface area contributed by atoms with Crippen LogP contribution in [0.3, 0.4) is 0 Å². The van der Waals surface area contributed by atoms with Crippen molar-refractivity contribution in [2.45, 2.75) is 31.3 Å². The fourth-order valence-corrected chi connectivity index (χ4v) is 3.50. The second-order valence-electron chi connectivity index (χ2n) is 5.78. The Morgan fingerprint density at radius 1 is 1.24 bits per heavy atom. The molecule has 3 aromatic rings. The third kappa shape index (κ3) is 9.01. The van der Waals surface area contributed by atoms with Crippen molar-refractivity contribution in [3.05, 3.63) is 64.6 Å². The predicted octanol–water partition coefficient (Wildman–Crippen LogP) is 4.37. The van der Waals surface area contributed by atoms with Crippen LogP contribution in [0.25, 0.3) is 0 Å². The first-order valence-corrected chi connectivity index (χ1v) is 11.0. The van der Waals surface area contributed by atoms with Crippen LogP contribution in [0.4, 0.5) is 4.39 Å². The summed E-state index contributed by atoms with van der Waals surface area (Å²) in [6.45, 7) is 2.61. The second kappa shape index (κ2) is 12.8. The predicted molar refractivity (Wildman–Crippen MR) is 114 cm³/mol. The van der Waals surface area contributed by atoms with Crippen LogP contribution in [0.2, 0.25) is 0 Å². The first-order valence-electron chi connectivity index (χ1n) is 9.11. The van der Waals surface area contributed by atoms with Crippen molar-refractivity contribution in [1.82, 2.24) is 15.0 Å². The van der Waals surface area contributed by atoms with E-state index in [9.17, 15) is 9.18 Å². The zero-order valence-electron chi connectivity index (χ0n) is 16.1. The van der Waals surface area contributed by atoms with Crippen LogP contribution >= 0.6 is 23.1 Å². The van der Waals surface area contributed by atoms with Gasteiger partial charge in [0, 0.05) is 12.2 Å². The van der Waals surface area contributed by atoms with Gasteiger partial charge in [0.15, 0.2) is 5.16 Å². The molecule has 2 heterocycles. The molecule has 0 aliphatic rings. The maximum absolute atomic E-state index is 12.8. The summed E-state index contributed by atoms with van der Waals surface area (Å²) in [6.07, 6.45) is 4.45. The Hall–Kier alpha value is -2.52. The number of hydrogen-bond donors (Lipinski definition) is 1. The molecule has 0 saturated carbocycles. The molecule has 2 N–H and O–H groups in total. The zero-order chi connectivity index (χ0) is 20.9. The molecule has 0 spiro atoms. The summed E-state index contributed by atoms with van der Waals surface area (Å²) >= 11 is 3.00. The van der Waals surface area contributed by atoms with Crippen molar-refractivity contribution < 1.29 is 13.9 Å². The van der Waals surface area contributed by atoms with E-state index in [1.807, 2.05) is 5.38 Å². The molecular formula is C20H23FN4O2S2. The number of ether oxygens (including phenoxy) is 1. The van der Waals surface area contributed by atoms with E-state index in [1.54, 1.807) is 36.0 Å². The van der Waals surface area contributed by atoms with Gasteiger partial charge in [0.2, 0.25) is 0 Å². The average molecular weight is 435 g/mol. The minimum atomic E-state index is -0.347. The van der Waals surface area contributed by atoms with Gasteiger partial charge in [-0.2, -0.15) is 0 Å². The molecule has 0 bridgehead atoms. The Morgan fingerprint density at radius 2 is 2.03 bits per heavy atom. The molecule has 0 atom stereocenters. The van der Waals surface area contributed by atoms with Gasteiger partial charge < -0.3 is 10.5 Å². The Balaban J connectivity index is 0.000000313. The maximum Gasteiger partial charge on any atom is 0.258 e. The molecule has 3 rings (SSSR count). The number of thiophene rings is 1. The number of benzene rings is 1. The van der Waals surface area contributed by atoms with E-state index in [0.29, 0.717) is 29.5 Å². The molecule has 154 valence electrons. The molecule has 0 aliphatic carbocycles. The molecule has 2 aromatic heterocycles. The number of thioether (sulfide) groups is 1. The highest BCUT2D eigenvalue weighted by Gasteiger charge is 2.03. The van der Waals surface area contributed by atoms with Crippen molar-refractivity contribution in [1.29, 1.82) is 0 Å². The van der Waals surface area contributed by atoms with Crippen LogP contribution in [-0.4, -0.2) is 33.2 Å². The summed E-state index contributed by atoms with van der Waals surface area (Å²) in [5.41, 5.74) is 4.93. The molecule has 0 unspecified atom stereocenters. The lowest BCUT2D eigenvalue weighted by molar-refractivity contribution is 0.100. The van der Waals surface area contributed by atoms with Gasteiger partial charge in [0.25, 0.3) is 5.91 Å². The molecule has 29 heavy (non-hydrogen) atoms. The Kier molecular flexibility index (Phi) is 10.1. The van der Waals surface area contributed by atoms with Crippen molar-refractivity contribution in [2.75, 3.05) is 12.4 Å². The van der Waals surface area contributed by atoms with Gasteiger partial charge >= 0.3 is 0 Å². The molecule has 1 amide bonds. The molecule has 0 fully saturated rings. The van der Waals surface area contributed by atoms with Crippen LogP contribution in [0.1, 0.15) is 35.3 Å². The topological polar surface area (TPSA) is 91.0 Å². The summed E-state index contributed by atoms with van der Waals surface area (Å²) < 4.78 is 18.3. The van der Waals surface area contributed by atoms with E-state index < -0.39 is 0 Å².